The Labute approximate surface area is 191 Å². The van der Waals surface area contributed by atoms with Gasteiger partial charge in [-0.05, 0) is 30.9 Å². The number of aryl methyl sites for hydroxylation is 1. The topological polar surface area (TPSA) is 117 Å². The van der Waals surface area contributed by atoms with Crippen LogP contribution in [0.3, 0.4) is 0 Å². The predicted octanol–water partition coefficient (Wildman–Crippen LogP) is 2.40. The molecule has 2 aromatic carbocycles. The first-order chi connectivity index (χ1) is 15.9. The first-order valence-electron chi connectivity index (χ1n) is 10.8. The predicted molar refractivity (Wildman–Crippen MR) is 123 cm³/mol. The summed E-state index contributed by atoms with van der Waals surface area (Å²) in [7, 11) is 0. The third kappa shape index (κ3) is 5.94. The molecule has 2 unspecified atom stereocenters. The zero-order valence-electron chi connectivity index (χ0n) is 18.2. The highest BCUT2D eigenvalue weighted by molar-refractivity contribution is 5.98. The number of benzene rings is 2. The van der Waals surface area contributed by atoms with E-state index in [1.54, 1.807) is 11.0 Å². The highest BCUT2D eigenvalue weighted by Gasteiger charge is 2.39. The van der Waals surface area contributed by atoms with Gasteiger partial charge in [0.25, 0.3) is 0 Å². The molecule has 176 valence electrons. The molecule has 7 nitrogen and oxygen atoms in total. The number of hydrazone groups is 1. The van der Waals surface area contributed by atoms with Crippen LogP contribution >= 0.6 is 0 Å². The maximum absolute atomic E-state index is 14.5. The molecule has 0 aliphatic carbocycles. The Bertz CT molecular complexity index is 997. The van der Waals surface area contributed by atoms with E-state index in [0.717, 1.165) is 17.2 Å². The van der Waals surface area contributed by atoms with E-state index in [9.17, 15) is 18.7 Å². The number of hydrogen-bond donors (Lipinski definition) is 4. The van der Waals surface area contributed by atoms with E-state index in [2.05, 4.69) is 10.5 Å². The van der Waals surface area contributed by atoms with Gasteiger partial charge in [-0.1, -0.05) is 60.7 Å². The third-order valence-corrected chi connectivity index (χ3v) is 5.75. The molecule has 1 amide bonds. The van der Waals surface area contributed by atoms with Gasteiger partial charge in [-0.25, -0.2) is 5.84 Å². The number of amides is 1. The van der Waals surface area contributed by atoms with Gasteiger partial charge in [-0.15, -0.1) is 0 Å². The molecule has 1 fully saturated rings. The van der Waals surface area contributed by atoms with Crippen molar-refractivity contribution < 1.29 is 18.7 Å². The SMILES string of the molecule is N/N=C(\NN)c1cccc(CCCN2C(=O)CCC2/C=C/C(O)C(F)(F)c2ccccc2)c1. The van der Waals surface area contributed by atoms with Crippen molar-refractivity contribution in [3.63, 3.8) is 0 Å². The van der Waals surface area contributed by atoms with Gasteiger partial charge in [-0.2, -0.15) is 13.9 Å². The van der Waals surface area contributed by atoms with Crippen molar-refractivity contribution in [2.24, 2.45) is 16.8 Å². The van der Waals surface area contributed by atoms with E-state index in [4.69, 9.17) is 11.7 Å². The van der Waals surface area contributed by atoms with E-state index in [-0.39, 0.29) is 17.5 Å². The van der Waals surface area contributed by atoms with Gasteiger partial charge in [0, 0.05) is 24.1 Å². The van der Waals surface area contributed by atoms with Crippen LogP contribution in [0.4, 0.5) is 8.78 Å². The molecule has 1 aliphatic heterocycles. The molecular formula is C24H29F2N5O2. The number of rotatable bonds is 9. The van der Waals surface area contributed by atoms with Crippen LogP contribution < -0.4 is 17.1 Å². The molecule has 33 heavy (non-hydrogen) atoms. The summed E-state index contributed by atoms with van der Waals surface area (Å²) in [5.41, 5.74) is 3.97. The van der Waals surface area contributed by atoms with Crippen LogP contribution in [0, 0.1) is 0 Å². The highest BCUT2D eigenvalue weighted by Crippen LogP contribution is 2.32. The molecule has 2 aromatic rings. The first kappa shape index (κ1) is 24.3. The van der Waals surface area contributed by atoms with Crippen LogP contribution in [0.25, 0.3) is 0 Å². The van der Waals surface area contributed by atoms with Gasteiger partial charge < -0.3 is 21.3 Å². The maximum Gasteiger partial charge on any atom is 0.302 e. The van der Waals surface area contributed by atoms with Crippen molar-refractivity contribution in [3.8, 4) is 0 Å². The van der Waals surface area contributed by atoms with Crippen LogP contribution in [-0.4, -0.2) is 40.4 Å². The maximum atomic E-state index is 14.5. The zero-order chi connectivity index (χ0) is 23.8. The molecule has 0 saturated carbocycles. The van der Waals surface area contributed by atoms with Crippen molar-refractivity contribution in [2.45, 2.75) is 43.8 Å². The lowest BCUT2D eigenvalue weighted by atomic mass is 10.0. The van der Waals surface area contributed by atoms with E-state index in [0.29, 0.717) is 38.1 Å². The lowest BCUT2D eigenvalue weighted by molar-refractivity contribution is -0.128. The minimum absolute atomic E-state index is 0.0207. The quantitative estimate of drug-likeness (QED) is 0.152. The summed E-state index contributed by atoms with van der Waals surface area (Å²) in [5.74, 6) is 7.66. The van der Waals surface area contributed by atoms with Gasteiger partial charge in [0.1, 0.15) is 6.10 Å². The molecule has 1 aliphatic rings. The summed E-state index contributed by atoms with van der Waals surface area (Å²) >= 11 is 0. The minimum Gasteiger partial charge on any atom is -0.382 e. The molecule has 2 atom stereocenters. The minimum atomic E-state index is -3.42. The number of amidine groups is 1. The average molecular weight is 458 g/mol. The number of aliphatic hydroxyl groups excluding tert-OH is 1. The molecule has 9 heteroatoms. The molecule has 0 aromatic heterocycles. The van der Waals surface area contributed by atoms with Crippen molar-refractivity contribution in [2.75, 3.05) is 6.54 Å². The summed E-state index contributed by atoms with van der Waals surface area (Å²) < 4.78 is 29.0. The number of nitrogens with one attached hydrogen (secondary N) is 1. The second kappa shape index (κ2) is 11.0. The van der Waals surface area contributed by atoms with Crippen LogP contribution in [0.1, 0.15) is 36.0 Å². The second-order valence-corrected chi connectivity index (χ2v) is 7.94. The van der Waals surface area contributed by atoms with Gasteiger partial charge in [0.05, 0.1) is 6.04 Å². The normalized spacial score (nSPS) is 18.2. The number of hydrogen-bond acceptors (Lipinski definition) is 5. The number of alkyl halides is 2. The van der Waals surface area contributed by atoms with Crippen LogP contribution in [0.2, 0.25) is 0 Å². The highest BCUT2D eigenvalue weighted by atomic mass is 19.3. The van der Waals surface area contributed by atoms with E-state index < -0.39 is 12.0 Å². The monoisotopic (exact) mass is 457 g/mol. The smallest absolute Gasteiger partial charge is 0.302 e. The molecule has 0 bridgehead atoms. The van der Waals surface area contributed by atoms with E-state index >= 15 is 0 Å². The lowest BCUT2D eigenvalue weighted by Crippen LogP contribution is -2.34. The average Bonchev–Trinajstić information content (AvgIpc) is 3.18. The summed E-state index contributed by atoms with van der Waals surface area (Å²) in [5, 5.41) is 13.7. The van der Waals surface area contributed by atoms with Gasteiger partial charge >= 0.3 is 5.92 Å². The van der Waals surface area contributed by atoms with Crippen LogP contribution in [0.15, 0.2) is 71.9 Å². The Balaban J connectivity index is 1.59. The Kier molecular flexibility index (Phi) is 8.13. The lowest BCUT2D eigenvalue weighted by Gasteiger charge is -2.24. The fourth-order valence-corrected chi connectivity index (χ4v) is 3.95. The summed E-state index contributed by atoms with van der Waals surface area (Å²) in [6.07, 6.45) is 2.92. The zero-order valence-corrected chi connectivity index (χ0v) is 18.2. The van der Waals surface area contributed by atoms with Crippen LogP contribution in [-0.2, 0) is 17.1 Å². The fourth-order valence-electron chi connectivity index (χ4n) is 3.95. The number of halogens is 2. The Hall–Kier alpha value is -3.30. The summed E-state index contributed by atoms with van der Waals surface area (Å²) in [6, 6.07) is 14.5. The van der Waals surface area contributed by atoms with E-state index in [1.165, 1.54) is 30.3 Å². The summed E-state index contributed by atoms with van der Waals surface area (Å²) in [6.45, 7) is 0.482. The molecule has 0 radical (unpaired) electrons. The molecule has 1 saturated heterocycles. The molecule has 3 rings (SSSR count). The largest absolute Gasteiger partial charge is 0.382 e. The summed E-state index contributed by atoms with van der Waals surface area (Å²) in [4.78, 5) is 14.0. The van der Waals surface area contributed by atoms with Crippen molar-refractivity contribution in [1.29, 1.82) is 0 Å². The third-order valence-electron chi connectivity index (χ3n) is 5.75. The van der Waals surface area contributed by atoms with Gasteiger partial charge in [0.15, 0.2) is 5.84 Å². The first-order valence-corrected chi connectivity index (χ1v) is 10.8. The van der Waals surface area contributed by atoms with Crippen molar-refractivity contribution >= 4 is 11.7 Å². The molecule has 0 spiro atoms. The number of carbonyl (C=O) groups is 1. The number of carbonyl (C=O) groups excluding carboxylic acids is 1. The molecular weight excluding hydrogens is 428 g/mol. The number of nitrogens with two attached hydrogens (primary N) is 2. The van der Waals surface area contributed by atoms with Crippen molar-refractivity contribution in [1.82, 2.24) is 10.3 Å². The Morgan fingerprint density at radius 3 is 2.73 bits per heavy atom. The molecule has 6 N–H and O–H groups in total. The van der Waals surface area contributed by atoms with Crippen LogP contribution in [0.5, 0.6) is 0 Å². The molecule has 1 heterocycles. The van der Waals surface area contributed by atoms with Gasteiger partial charge in [0.2, 0.25) is 5.91 Å². The number of likely N-dealkylation sites (tertiary alicyclic amines) is 1. The van der Waals surface area contributed by atoms with Crippen molar-refractivity contribution in [3.05, 3.63) is 83.4 Å². The Morgan fingerprint density at radius 1 is 1.27 bits per heavy atom. The second-order valence-electron chi connectivity index (χ2n) is 7.94. The van der Waals surface area contributed by atoms with Gasteiger partial charge in [-0.3, -0.25) is 4.79 Å². The Morgan fingerprint density at radius 2 is 2.03 bits per heavy atom. The fraction of sp³-hybridized carbons (Fsp3) is 0.333. The number of nitrogens with zero attached hydrogens (tertiary/aromatic N) is 2. The van der Waals surface area contributed by atoms with E-state index in [1.807, 2.05) is 24.3 Å². The number of aliphatic hydroxyl groups is 1. The number of hydrazine groups is 1. The standard InChI is InChI=1S/C24H29F2N5O2/c25-24(26,19-9-2-1-3-10-19)21(32)13-11-20-12-14-22(33)31(20)15-5-7-17-6-4-8-18(16-17)23(29-27)30-28/h1-4,6,8-11,13,16,20-21,32H,5,7,12,14-15,27-28H2,(H,29,30)/b13-11+.